The van der Waals surface area contributed by atoms with E-state index in [1.54, 1.807) is 23.2 Å². The summed E-state index contributed by atoms with van der Waals surface area (Å²) in [5.41, 5.74) is 6.31. The Morgan fingerprint density at radius 2 is 1.54 bits per heavy atom. The third-order valence-corrected chi connectivity index (χ3v) is 8.85. The molecule has 244 valence electrons. The van der Waals surface area contributed by atoms with E-state index in [-0.39, 0.29) is 29.6 Å². The van der Waals surface area contributed by atoms with Gasteiger partial charge in [0.25, 0.3) is 5.56 Å². The zero-order valence-corrected chi connectivity index (χ0v) is 28.1. The molecule has 8 nitrogen and oxygen atoms in total. The van der Waals surface area contributed by atoms with Gasteiger partial charge in [0.2, 0.25) is 0 Å². The highest BCUT2D eigenvalue weighted by Crippen LogP contribution is 2.35. The zero-order valence-electron chi connectivity index (χ0n) is 28.1. The molecule has 1 saturated heterocycles. The summed E-state index contributed by atoms with van der Waals surface area (Å²) < 4.78 is 1.62. The lowest BCUT2D eigenvalue weighted by Crippen LogP contribution is -2.30. The van der Waals surface area contributed by atoms with E-state index in [1.165, 1.54) is 12.8 Å². The van der Waals surface area contributed by atoms with Gasteiger partial charge in [0, 0.05) is 40.8 Å². The van der Waals surface area contributed by atoms with Gasteiger partial charge in [-0.25, -0.2) is 9.78 Å². The lowest BCUT2D eigenvalue weighted by Gasteiger charge is -2.22. The fourth-order valence-corrected chi connectivity index (χ4v) is 6.41. The molecule has 2 amide bonds. The Bertz CT molecular complexity index is 2020. The summed E-state index contributed by atoms with van der Waals surface area (Å²) in [6.07, 6.45) is 7.52. The number of fused-ring (bicyclic) bond motifs is 1. The molecule has 0 atom stereocenters. The van der Waals surface area contributed by atoms with Crippen LogP contribution in [0.15, 0.2) is 90.1 Å². The van der Waals surface area contributed by atoms with Gasteiger partial charge in [-0.05, 0) is 96.4 Å². The molecule has 48 heavy (non-hydrogen) atoms. The summed E-state index contributed by atoms with van der Waals surface area (Å²) >= 11 is 0. The highest BCUT2D eigenvalue weighted by Gasteiger charge is 2.23. The van der Waals surface area contributed by atoms with Gasteiger partial charge in [0.05, 0.1) is 13.1 Å². The summed E-state index contributed by atoms with van der Waals surface area (Å²) in [5.74, 6) is 7.02. The third-order valence-electron chi connectivity index (χ3n) is 8.85. The first kappa shape index (κ1) is 32.7. The molecule has 1 fully saturated rings. The molecule has 0 spiro atoms. The van der Waals surface area contributed by atoms with Crippen LogP contribution in [0.2, 0.25) is 0 Å². The number of carbonyl (C=O) groups excluding carboxylic acids is 1. The van der Waals surface area contributed by atoms with Crippen LogP contribution >= 0.6 is 0 Å². The van der Waals surface area contributed by atoms with Crippen molar-refractivity contribution in [3.63, 3.8) is 0 Å². The zero-order chi connectivity index (χ0) is 33.6. The number of hydrogen-bond donors (Lipinski definition) is 2. The summed E-state index contributed by atoms with van der Waals surface area (Å²) in [6, 6.07) is 21.0. The van der Waals surface area contributed by atoms with E-state index in [0.717, 1.165) is 58.5 Å². The molecule has 1 aliphatic rings. The number of rotatable bonds is 8. The molecule has 2 aromatic carbocycles. The smallest absolute Gasteiger partial charge is 0.307 e. The number of urea groups is 1. The maximum absolute atomic E-state index is 14.6. The van der Waals surface area contributed by atoms with Crippen LogP contribution in [0, 0.1) is 11.8 Å². The van der Waals surface area contributed by atoms with Gasteiger partial charge < -0.3 is 10.6 Å². The highest BCUT2D eigenvalue weighted by molar-refractivity contribution is 6.08. The second kappa shape index (κ2) is 14.7. The van der Waals surface area contributed by atoms with Crippen LogP contribution in [0.3, 0.4) is 0 Å². The average molecular weight is 639 g/mol. The molecule has 2 N–H and O–H groups in total. The molecule has 0 saturated carbocycles. The number of para-hydroxylation sites is 1. The van der Waals surface area contributed by atoms with Crippen molar-refractivity contribution in [1.29, 1.82) is 0 Å². The minimum Gasteiger partial charge on any atom is -0.307 e. The van der Waals surface area contributed by atoms with Crippen molar-refractivity contribution in [2.75, 3.05) is 30.3 Å². The molecule has 1 aliphatic heterocycles. The number of carbonyl (C=O) groups is 1. The van der Waals surface area contributed by atoms with Crippen molar-refractivity contribution in [2.24, 2.45) is 0 Å². The summed E-state index contributed by atoms with van der Waals surface area (Å²) in [4.78, 5) is 39.7. The maximum Gasteiger partial charge on any atom is 0.323 e. The topological polar surface area (TPSA) is 92.2 Å². The summed E-state index contributed by atoms with van der Waals surface area (Å²) in [5, 5.41) is 6.88. The molecular formula is C40H42N6O2. The first-order valence-electron chi connectivity index (χ1n) is 16.7. The van der Waals surface area contributed by atoms with E-state index in [1.807, 2.05) is 66.7 Å². The van der Waals surface area contributed by atoms with Gasteiger partial charge in [-0.2, -0.15) is 0 Å². The molecule has 3 aromatic heterocycles. The number of amides is 2. The number of likely N-dealkylation sites (tertiary alicyclic amines) is 1. The Morgan fingerprint density at radius 1 is 0.854 bits per heavy atom. The standard InChI is InChI=1S/C40H42N6O2/c1-27(2)32-14-8-15-33(28(3)4)36(32)43-40(48)44-37-35(31-13-7-11-29(25-31)12-10-24-45-22-5-6-23-45)34-16-9-19-42-38(34)46(39(37)47)26-30-17-20-41-21-18-30/h7-9,11,13-21,25,27-28H,5-6,22-24,26H2,1-4H3,(H2,43,44,48). The van der Waals surface area contributed by atoms with Crippen LogP contribution < -0.4 is 16.2 Å². The number of nitrogens with zero attached hydrogens (tertiary/aromatic N) is 4. The van der Waals surface area contributed by atoms with E-state index < -0.39 is 6.03 Å². The fraction of sp³-hybridized carbons (Fsp3) is 0.300. The number of benzene rings is 2. The molecule has 0 aliphatic carbocycles. The maximum atomic E-state index is 14.6. The Hall–Kier alpha value is -5.26. The first-order valence-corrected chi connectivity index (χ1v) is 16.7. The second-order valence-corrected chi connectivity index (χ2v) is 12.9. The quantitative estimate of drug-likeness (QED) is 0.169. The Morgan fingerprint density at radius 3 is 2.25 bits per heavy atom. The van der Waals surface area contributed by atoms with Crippen molar-refractivity contribution < 1.29 is 4.79 Å². The van der Waals surface area contributed by atoms with Gasteiger partial charge in [-0.3, -0.25) is 19.2 Å². The van der Waals surface area contributed by atoms with Crippen LogP contribution in [-0.4, -0.2) is 45.1 Å². The van der Waals surface area contributed by atoms with E-state index in [9.17, 15) is 9.59 Å². The van der Waals surface area contributed by atoms with Crippen molar-refractivity contribution in [3.8, 4) is 23.0 Å². The monoisotopic (exact) mass is 638 g/mol. The molecular weight excluding hydrogens is 596 g/mol. The molecule has 0 unspecified atom stereocenters. The molecule has 0 radical (unpaired) electrons. The Kier molecular flexibility index (Phi) is 9.98. The molecule has 4 heterocycles. The Balaban J connectivity index is 1.47. The predicted octanol–water partition coefficient (Wildman–Crippen LogP) is 7.84. The van der Waals surface area contributed by atoms with Crippen molar-refractivity contribution in [3.05, 3.63) is 118 Å². The van der Waals surface area contributed by atoms with Crippen molar-refractivity contribution in [2.45, 2.75) is 58.9 Å². The van der Waals surface area contributed by atoms with Gasteiger partial charge in [-0.15, -0.1) is 0 Å². The summed E-state index contributed by atoms with van der Waals surface area (Å²) in [6.45, 7) is 11.6. The van der Waals surface area contributed by atoms with Gasteiger partial charge in [-0.1, -0.05) is 69.9 Å². The van der Waals surface area contributed by atoms with E-state index in [2.05, 4.69) is 65.0 Å². The Labute approximate surface area is 282 Å². The molecule has 0 bridgehead atoms. The van der Waals surface area contributed by atoms with E-state index in [0.29, 0.717) is 11.2 Å². The SMILES string of the molecule is CC(C)c1cccc(C(C)C)c1NC(=O)Nc1c(-c2cccc(C#CCN3CCCC3)c2)c2cccnc2n(Cc2ccncc2)c1=O. The summed E-state index contributed by atoms with van der Waals surface area (Å²) in [7, 11) is 0. The number of nitrogens with one attached hydrogen (secondary N) is 2. The van der Waals surface area contributed by atoms with E-state index in [4.69, 9.17) is 0 Å². The van der Waals surface area contributed by atoms with Crippen LogP contribution in [0.4, 0.5) is 16.2 Å². The highest BCUT2D eigenvalue weighted by atomic mass is 16.2. The fourth-order valence-electron chi connectivity index (χ4n) is 6.41. The van der Waals surface area contributed by atoms with Crippen molar-refractivity contribution >= 4 is 28.4 Å². The minimum atomic E-state index is -0.483. The average Bonchev–Trinajstić information content (AvgIpc) is 3.61. The number of anilines is 2. The van der Waals surface area contributed by atoms with Gasteiger partial charge >= 0.3 is 6.03 Å². The minimum absolute atomic E-state index is 0.178. The van der Waals surface area contributed by atoms with Gasteiger partial charge in [0.1, 0.15) is 11.3 Å². The van der Waals surface area contributed by atoms with Crippen LogP contribution in [-0.2, 0) is 6.54 Å². The third kappa shape index (κ3) is 7.17. The first-order chi connectivity index (χ1) is 23.3. The largest absolute Gasteiger partial charge is 0.323 e. The number of hydrogen-bond acceptors (Lipinski definition) is 5. The van der Waals surface area contributed by atoms with Crippen LogP contribution in [0.25, 0.3) is 22.2 Å². The molecule has 5 aromatic rings. The number of aromatic nitrogens is 3. The lowest BCUT2D eigenvalue weighted by atomic mass is 9.93. The normalized spacial score (nSPS) is 13.1. The molecule has 8 heteroatoms. The molecule has 6 rings (SSSR count). The van der Waals surface area contributed by atoms with Gasteiger partial charge in [0.15, 0.2) is 0 Å². The van der Waals surface area contributed by atoms with Crippen molar-refractivity contribution in [1.82, 2.24) is 19.4 Å². The lowest BCUT2D eigenvalue weighted by molar-refractivity contribution is 0.262. The predicted molar refractivity (Wildman–Crippen MR) is 195 cm³/mol. The van der Waals surface area contributed by atoms with E-state index >= 15 is 0 Å². The van der Waals surface area contributed by atoms with Crippen LogP contribution in [0.5, 0.6) is 0 Å². The van der Waals surface area contributed by atoms with Crippen LogP contribution in [0.1, 0.15) is 74.6 Å². The second-order valence-electron chi connectivity index (χ2n) is 12.9. The number of pyridine rings is 3.